The third-order valence-corrected chi connectivity index (χ3v) is 5.29. The number of benzene rings is 1. The molecule has 1 unspecified atom stereocenters. The summed E-state index contributed by atoms with van der Waals surface area (Å²) in [7, 11) is 1.89. The Morgan fingerprint density at radius 1 is 1.33 bits per heavy atom. The van der Waals surface area contributed by atoms with Gasteiger partial charge in [0.25, 0.3) is 5.91 Å². The van der Waals surface area contributed by atoms with Gasteiger partial charge in [-0.3, -0.25) is 4.79 Å². The Bertz CT molecular complexity index is 632. The molecule has 1 aliphatic carbocycles. The van der Waals surface area contributed by atoms with Crippen molar-refractivity contribution in [1.29, 1.82) is 0 Å². The molecule has 0 spiro atoms. The van der Waals surface area contributed by atoms with Crippen molar-refractivity contribution in [3.8, 4) is 0 Å². The average Bonchev–Trinajstić information content (AvgIpc) is 2.90. The predicted molar refractivity (Wildman–Crippen MR) is 87.7 cm³/mol. The first-order valence-corrected chi connectivity index (χ1v) is 8.41. The Balaban J connectivity index is 1.76. The molecule has 1 heterocycles. The van der Waals surface area contributed by atoms with Crippen LogP contribution in [0, 0.1) is 5.92 Å². The number of carbonyl (C=O) groups is 1. The lowest BCUT2D eigenvalue weighted by molar-refractivity contribution is 0.0784. The Morgan fingerprint density at radius 3 is 2.86 bits per heavy atom. The molecule has 0 radical (unpaired) electrons. The summed E-state index contributed by atoms with van der Waals surface area (Å²) in [4.78, 5) is 15.9. The SMILES string of the molecule is CC1CCc2c(C(=O)N(C)Cc3ccccc3)csc2C1. The van der Waals surface area contributed by atoms with Crippen LogP contribution in [0.4, 0.5) is 0 Å². The molecule has 1 aliphatic rings. The predicted octanol–water partition coefficient (Wildman–Crippen LogP) is 4.15. The molecule has 0 fully saturated rings. The van der Waals surface area contributed by atoms with Gasteiger partial charge in [-0.25, -0.2) is 0 Å². The van der Waals surface area contributed by atoms with E-state index in [-0.39, 0.29) is 5.91 Å². The maximum Gasteiger partial charge on any atom is 0.255 e. The van der Waals surface area contributed by atoms with Gasteiger partial charge in [-0.15, -0.1) is 11.3 Å². The molecular weight excluding hydrogens is 278 g/mol. The minimum absolute atomic E-state index is 0.158. The number of amides is 1. The number of carbonyl (C=O) groups excluding carboxylic acids is 1. The average molecular weight is 299 g/mol. The Labute approximate surface area is 130 Å². The van der Waals surface area contributed by atoms with Crippen LogP contribution in [0.15, 0.2) is 35.7 Å². The maximum absolute atomic E-state index is 12.7. The van der Waals surface area contributed by atoms with Gasteiger partial charge in [-0.05, 0) is 36.3 Å². The summed E-state index contributed by atoms with van der Waals surface area (Å²) in [6.45, 7) is 2.96. The second-order valence-corrected chi connectivity index (χ2v) is 7.01. The van der Waals surface area contributed by atoms with E-state index >= 15 is 0 Å². The van der Waals surface area contributed by atoms with E-state index in [0.717, 1.165) is 24.3 Å². The second kappa shape index (κ2) is 6.02. The summed E-state index contributed by atoms with van der Waals surface area (Å²) in [6, 6.07) is 10.2. The molecule has 3 rings (SSSR count). The molecule has 2 aromatic rings. The Morgan fingerprint density at radius 2 is 2.10 bits per heavy atom. The van der Waals surface area contributed by atoms with Crippen molar-refractivity contribution in [1.82, 2.24) is 4.90 Å². The Kier molecular flexibility index (Phi) is 4.11. The van der Waals surface area contributed by atoms with Gasteiger partial charge in [0, 0.05) is 23.8 Å². The highest BCUT2D eigenvalue weighted by Crippen LogP contribution is 2.33. The standard InChI is InChI=1S/C18H21NOS/c1-13-8-9-15-16(12-21-17(15)10-13)18(20)19(2)11-14-6-4-3-5-7-14/h3-7,12-13H,8-11H2,1-2H3. The molecular formula is C18H21NOS. The summed E-state index contributed by atoms with van der Waals surface area (Å²) in [5, 5.41) is 2.06. The highest BCUT2D eigenvalue weighted by Gasteiger charge is 2.24. The summed E-state index contributed by atoms with van der Waals surface area (Å²) in [5.74, 6) is 0.909. The van der Waals surface area contributed by atoms with Gasteiger partial charge in [-0.2, -0.15) is 0 Å². The molecule has 21 heavy (non-hydrogen) atoms. The first kappa shape index (κ1) is 14.3. The van der Waals surface area contributed by atoms with Gasteiger partial charge in [0.2, 0.25) is 0 Å². The zero-order valence-electron chi connectivity index (χ0n) is 12.6. The van der Waals surface area contributed by atoms with Gasteiger partial charge in [0.1, 0.15) is 0 Å². The first-order valence-electron chi connectivity index (χ1n) is 7.53. The lowest BCUT2D eigenvalue weighted by Gasteiger charge is -2.21. The van der Waals surface area contributed by atoms with Gasteiger partial charge in [-0.1, -0.05) is 37.3 Å². The topological polar surface area (TPSA) is 20.3 Å². The zero-order valence-corrected chi connectivity index (χ0v) is 13.5. The largest absolute Gasteiger partial charge is 0.337 e. The van der Waals surface area contributed by atoms with Gasteiger partial charge in [0.15, 0.2) is 0 Å². The van der Waals surface area contributed by atoms with Crippen molar-refractivity contribution in [2.45, 2.75) is 32.7 Å². The summed E-state index contributed by atoms with van der Waals surface area (Å²) in [6.07, 6.45) is 3.39. The van der Waals surface area contributed by atoms with E-state index in [0.29, 0.717) is 6.54 Å². The van der Waals surface area contributed by atoms with Gasteiger partial charge >= 0.3 is 0 Å². The number of hydrogen-bond donors (Lipinski definition) is 0. The summed E-state index contributed by atoms with van der Waals surface area (Å²) in [5.41, 5.74) is 3.41. The highest BCUT2D eigenvalue weighted by molar-refractivity contribution is 7.10. The molecule has 0 saturated heterocycles. The smallest absolute Gasteiger partial charge is 0.255 e. The van der Waals surface area contributed by atoms with Crippen LogP contribution in [-0.2, 0) is 19.4 Å². The number of rotatable bonds is 3. The van der Waals surface area contributed by atoms with E-state index in [9.17, 15) is 4.79 Å². The van der Waals surface area contributed by atoms with Crippen LogP contribution in [0.5, 0.6) is 0 Å². The number of hydrogen-bond acceptors (Lipinski definition) is 2. The maximum atomic E-state index is 12.7. The fraction of sp³-hybridized carbons (Fsp3) is 0.389. The molecule has 0 N–H and O–H groups in total. The number of thiophene rings is 1. The molecule has 1 aromatic carbocycles. The number of fused-ring (bicyclic) bond motifs is 1. The van der Waals surface area contributed by atoms with Crippen LogP contribution < -0.4 is 0 Å². The van der Waals surface area contributed by atoms with Crippen LogP contribution in [0.2, 0.25) is 0 Å². The lowest BCUT2D eigenvalue weighted by atomic mass is 9.88. The van der Waals surface area contributed by atoms with Crippen molar-refractivity contribution in [2.75, 3.05) is 7.05 Å². The third-order valence-electron chi connectivity index (χ3n) is 4.24. The van der Waals surface area contributed by atoms with Crippen molar-refractivity contribution in [3.05, 3.63) is 57.3 Å². The molecule has 1 amide bonds. The van der Waals surface area contributed by atoms with E-state index in [1.807, 2.05) is 30.1 Å². The molecule has 0 saturated carbocycles. The van der Waals surface area contributed by atoms with Gasteiger partial charge < -0.3 is 4.90 Å². The highest BCUT2D eigenvalue weighted by atomic mass is 32.1. The van der Waals surface area contributed by atoms with Crippen LogP contribution in [-0.4, -0.2) is 17.9 Å². The fourth-order valence-corrected chi connectivity index (χ4v) is 4.23. The second-order valence-electron chi connectivity index (χ2n) is 6.05. The first-order chi connectivity index (χ1) is 10.1. The van der Waals surface area contributed by atoms with E-state index in [4.69, 9.17) is 0 Å². The van der Waals surface area contributed by atoms with Crippen LogP contribution in [0.1, 0.15) is 39.7 Å². The summed E-state index contributed by atoms with van der Waals surface area (Å²) < 4.78 is 0. The molecule has 110 valence electrons. The molecule has 2 nitrogen and oxygen atoms in total. The summed E-state index contributed by atoms with van der Waals surface area (Å²) >= 11 is 1.76. The molecule has 1 atom stereocenters. The number of nitrogens with zero attached hydrogens (tertiary/aromatic N) is 1. The monoisotopic (exact) mass is 299 g/mol. The van der Waals surface area contributed by atoms with E-state index in [2.05, 4.69) is 24.4 Å². The third kappa shape index (κ3) is 3.03. The van der Waals surface area contributed by atoms with E-state index in [1.165, 1.54) is 22.4 Å². The molecule has 0 bridgehead atoms. The van der Waals surface area contributed by atoms with Crippen molar-refractivity contribution in [3.63, 3.8) is 0 Å². The lowest BCUT2D eigenvalue weighted by Crippen LogP contribution is -2.27. The van der Waals surface area contributed by atoms with E-state index in [1.54, 1.807) is 11.3 Å². The van der Waals surface area contributed by atoms with Crippen LogP contribution in [0.25, 0.3) is 0 Å². The van der Waals surface area contributed by atoms with E-state index < -0.39 is 0 Å². The van der Waals surface area contributed by atoms with Crippen LogP contribution >= 0.6 is 11.3 Å². The van der Waals surface area contributed by atoms with Crippen LogP contribution in [0.3, 0.4) is 0 Å². The quantitative estimate of drug-likeness (QED) is 0.834. The van der Waals surface area contributed by atoms with Crippen molar-refractivity contribution in [2.24, 2.45) is 5.92 Å². The molecule has 1 aromatic heterocycles. The van der Waals surface area contributed by atoms with Gasteiger partial charge in [0.05, 0.1) is 5.56 Å². The molecule has 3 heteroatoms. The zero-order chi connectivity index (χ0) is 14.8. The van der Waals surface area contributed by atoms with Crippen molar-refractivity contribution < 1.29 is 4.79 Å². The van der Waals surface area contributed by atoms with Crippen molar-refractivity contribution >= 4 is 17.2 Å². The fourth-order valence-electron chi connectivity index (χ4n) is 2.99. The minimum Gasteiger partial charge on any atom is -0.337 e. The minimum atomic E-state index is 0.158. The Hall–Kier alpha value is -1.61. The molecule has 0 aliphatic heterocycles. The normalized spacial score (nSPS) is 17.3.